The first-order valence-corrected chi connectivity index (χ1v) is 8.18. The molecule has 1 saturated heterocycles. The quantitative estimate of drug-likeness (QED) is 0.778. The normalized spacial score (nSPS) is 20.9. The molecule has 0 saturated carbocycles. The van der Waals surface area contributed by atoms with Crippen LogP contribution in [0.1, 0.15) is 36.5 Å². The summed E-state index contributed by atoms with van der Waals surface area (Å²) < 4.78 is 0. The Hall–Kier alpha value is -1.89. The summed E-state index contributed by atoms with van der Waals surface area (Å²) in [5.41, 5.74) is -0.198. The van der Waals surface area contributed by atoms with Crippen molar-refractivity contribution in [2.24, 2.45) is 5.41 Å². The van der Waals surface area contributed by atoms with Gasteiger partial charge in [0.2, 0.25) is 5.91 Å². The van der Waals surface area contributed by atoms with Crippen LogP contribution in [0, 0.1) is 5.41 Å². The van der Waals surface area contributed by atoms with Crippen molar-refractivity contribution in [1.82, 2.24) is 10.2 Å². The Morgan fingerprint density at radius 1 is 1.45 bits per heavy atom. The van der Waals surface area contributed by atoms with Crippen LogP contribution in [0.15, 0.2) is 16.8 Å². The zero-order chi connectivity index (χ0) is 16.2. The number of carbonyl (C=O) groups excluding carboxylic acids is 2. The SMILES string of the molecule is CC1(C(=O)O)CCN(C(=O)CCCNC(=O)c2ccsc2)C1. The van der Waals surface area contributed by atoms with Crippen molar-refractivity contribution in [3.05, 3.63) is 22.4 Å². The van der Waals surface area contributed by atoms with Crippen LogP contribution in [-0.4, -0.2) is 47.4 Å². The summed E-state index contributed by atoms with van der Waals surface area (Å²) in [6.07, 6.45) is 1.36. The maximum absolute atomic E-state index is 12.1. The van der Waals surface area contributed by atoms with E-state index in [4.69, 9.17) is 5.11 Å². The number of hydrogen-bond donors (Lipinski definition) is 2. The Labute approximate surface area is 133 Å². The van der Waals surface area contributed by atoms with E-state index in [-0.39, 0.29) is 18.4 Å². The first kappa shape index (κ1) is 16.5. The Morgan fingerprint density at radius 2 is 2.23 bits per heavy atom. The number of nitrogens with one attached hydrogen (secondary N) is 1. The molecule has 1 fully saturated rings. The molecule has 1 aromatic heterocycles. The molecule has 0 aromatic carbocycles. The van der Waals surface area contributed by atoms with Crippen molar-refractivity contribution >= 4 is 29.1 Å². The maximum atomic E-state index is 12.1. The summed E-state index contributed by atoms with van der Waals surface area (Å²) in [6, 6.07) is 1.75. The highest BCUT2D eigenvalue weighted by atomic mass is 32.1. The van der Waals surface area contributed by atoms with Crippen molar-refractivity contribution in [3.8, 4) is 0 Å². The number of thiophene rings is 1. The van der Waals surface area contributed by atoms with Gasteiger partial charge in [-0.2, -0.15) is 11.3 Å². The summed E-state index contributed by atoms with van der Waals surface area (Å²) >= 11 is 1.46. The van der Waals surface area contributed by atoms with Gasteiger partial charge in [0.25, 0.3) is 5.91 Å². The summed E-state index contributed by atoms with van der Waals surface area (Å²) in [5, 5.41) is 15.5. The van der Waals surface area contributed by atoms with Crippen molar-refractivity contribution in [2.45, 2.75) is 26.2 Å². The van der Waals surface area contributed by atoms with Crippen molar-refractivity contribution in [1.29, 1.82) is 0 Å². The molecule has 1 atom stereocenters. The zero-order valence-corrected chi connectivity index (χ0v) is 13.3. The van der Waals surface area contributed by atoms with Crippen LogP contribution in [0.25, 0.3) is 0 Å². The summed E-state index contributed by atoms with van der Waals surface area (Å²) in [7, 11) is 0. The molecule has 2 rings (SSSR count). The first-order valence-electron chi connectivity index (χ1n) is 7.24. The largest absolute Gasteiger partial charge is 0.481 e. The van der Waals surface area contributed by atoms with Crippen molar-refractivity contribution < 1.29 is 19.5 Å². The molecule has 1 unspecified atom stereocenters. The fraction of sp³-hybridized carbons (Fsp3) is 0.533. The second-order valence-corrected chi connectivity index (χ2v) is 6.58. The number of carbonyl (C=O) groups is 3. The molecule has 7 heteroatoms. The van der Waals surface area contributed by atoms with E-state index in [0.717, 1.165) is 0 Å². The standard InChI is InChI=1S/C15H20N2O4S/c1-15(14(20)21)5-7-17(10-15)12(18)3-2-6-16-13(19)11-4-8-22-9-11/h4,8-9H,2-3,5-7,10H2,1H3,(H,16,19)(H,20,21). The van der Waals surface area contributed by atoms with Gasteiger partial charge in [0.05, 0.1) is 5.41 Å². The fourth-order valence-corrected chi connectivity index (χ4v) is 3.08. The molecule has 2 amide bonds. The van der Waals surface area contributed by atoms with Gasteiger partial charge in [-0.05, 0) is 31.2 Å². The molecule has 2 N–H and O–H groups in total. The van der Waals surface area contributed by atoms with Crippen LogP contribution in [0.4, 0.5) is 0 Å². The van der Waals surface area contributed by atoms with E-state index in [9.17, 15) is 14.4 Å². The third kappa shape index (κ3) is 3.85. The van der Waals surface area contributed by atoms with Crippen LogP contribution >= 0.6 is 11.3 Å². The Morgan fingerprint density at radius 3 is 2.82 bits per heavy atom. The van der Waals surface area contributed by atoms with Crippen molar-refractivity contribution in [3.63, 3.8) is 0 Å². The van der Waals surface area contributed by atoms with Gasteiger partial charge < -0.3 is 15.3 Å². The van der Waals surface area contributed by atoms with E-state index in [1.807, 2.05) is 5.38 Å². The number of carboxylic acids is 1. The summed E-state index contributed by atoms with van der Waals surface area (Å²) in [6.45, 7) is 2.86. The lowest BCUT2D eigenvalue weighted by Gasteiger charge is -2.20. The highest BCUT2D eigenvalue weighted by Gasteiger charge is 2.41. The molecule has 22 heavy (non-hydrogen) atoms. The second kappa shape index (κ2) is 6.91. The predicted octanol–water partition coefficient (Wildman–Crippen LogP) is 1.58. The number of rotatable bonds is 6. The number of likely N-dealkylation sites (tertiary alicyclic amines) is 1. The first-order chi connectivity index (χ1) is 10.4. The maximum Gasteiger partial charge on any atom is 0.311 e. The van der Waals surface area contributed by atoms with Gasteiger partial charge in [-0.25, -0.2) is 0 Å². The molecule has 0 spiro atoms. The lowest BCUT2D eigenvalue weighted by molar-refractivity contribution is -0.147. The third-order valence-electron chi connectivity index (χ3n) is 3.98. The van der Waals surface area contributed by atoms with Gasteiger partial charge in [-0.3, -0.25) is 14.4 Å². The molecule has 120 valence electrons. The van der Waals surface area contributed by atoms with E-state index >= 15 is 0 Å². The number of carboxylic acid groups (broad SMARTS) is 1. The average Bonchev–Trinajstić information content (AvgIpc) is 3.13. The third-order valence-corrected chi connectivity index (χ3v) is 4.66. The van der Waals surface area contributed by atoms with Gasteiger partial charge in [0, 0.05) is 37.0 Å². The van der Waals surface area contributed by atoms with Crippen LogP contribution in [0.3, 0.4) is 0 Å². The van der Waals surface area contributed by atoms with Gasteiger partial charge in [0.1, 0.15) is 0 Å². The van der Waals surface area contributed by atoms with Crippen molar-refractivity contribution in [2.75, 3.05) is 19.6 Å². The molecular formula is C15H20N2O4S. The molecule has 2 heterocycles. The number of hydrogen-bond acceptors (Lipinski definition) is 4. The minimum absolute atomic E-state index is 0.0465. The lowest BCUT2D eigenvalue weighted by atomic mass is 9.90. The van der Waals surface area contributed by atoms with E-state index in [1.165, 1.54) is 11.3 Å². The number of amides is 2. The number of aliphatic carboxylic acids is 1. The van der Waals surface area contributed by atoms with E-state index in [1.54, 1.807) is 23.3 Å². The molecule has 0 radical (unpaired) electrons. The second-order valence-electron chi connectivity index (χ2n) is 5.80. The molecule has 1 aliphatic heterocycles. The Balaban J connectivity index is 1.68. The van der Waals surface area contributed by atoms with Gasteiger partial charge >= 0.3 is 5.97 Å². The average molecular weight is 324 g/mol. The molecule has 0 aliphatic carbocycles. The minimum atomic E-state index is -0.856. The van der Waals surface area contributed by atoms with Gasteiger partial charge in [-0.15, -0.1) is 0 Å². The monoisotopic (exact) mass is 324 g/mol. The molecule has 1 aromatic rings. The highest BCUT2D eigenvalue weighted by molar-refractivity contribution is 7.08. The minimum Gasteiger partial charge on any atom is -0.481 e. The van der Waals surface area contributed by atoms with E-state index < -0.39 is 11.4 Å². The van der Waals surface area contributed by atoms with Crippen LogP contribution in [0.2, 0.25) is 0 Å². The lowest BCUT2D eigenvalue weighted by Crippen LogP contribution is -2.35. The van der Waals surface area contributed by atoms with Gasteiger partial charge in [0.15, 0.2) is 0 Å². The predicted molar refractivity (Wildman–Crippen MR) is 82.8 cm³/mol. The highest BCUT2D eigenvalue weighted by Crippen LogP contribution is 2.30. The Bertz CT molecular complexity index is 558. The van der Waals surface area contributed by atoms with E-state index in [2.05, 4.69) is 5.32 Å². The number of nitrogens with zero attached hydrogens (tertiary/aromatic N) is 1. The van der Waals surface area contributed by atoms with E-state index in [0.29, 0.717) is 37.9 Å². The molecule has 6 nitrogen and oxygen atoms in total. The summed E-state index contributed by atoms with van der Waals surface area (Å²) in [4.78, 5) is 36.5. The summed E-state index contributed by atoms with van der Waals surface area (Å²) in [5.74, 6) is -1.03. The van der Waals surface area contributed by atoms with Crippen LogP contribution < -0.4 is 5.32 Å². The molecule has 0 bridgehead atoms. The molecule has 1 aliphatic rings. The van der Waals surface area contributed by atoms with Crippen LogP contribution in [-0.2, 0) is 9.59 Å². The topological polar surface area (TPSA) is 86.7 Å². The molecular weight excluding hydrogens is 304 g/mol. The smallest absolute Gasteiger partial charge is 0.311 e. The fourth-order valence-electron chi connectivity index (χ4n) is 2.44. The Kier molecular flexibility index (Phi) is 5.18. The van der Waals surface area contributed by atoms with Gasteiger partial charge in [-0.1, -0.05) is 0 Å². The zero-order valence-electron chi connectivity index (χ0n) is 12.5. The van der Waals surface area contributed by atoms with Crippen LogP contribution in [0.5, 0.6) is 0 Å².